The van der Waals surface area contributed by atoms with Crippen molar-refractivity contribution in [3.8, 4) is 5.75 Å². The molecule has 1 amide bonds. The average molecular weight is 354 g/mol. The van der Waals surface area contributed by atoms with Crippen molar-refractivity contribution in [1.82, 2.24) is 9.62 Å². The number of piperidine rings is 1. The average Bonchev–Trinajstić information content (AvgIpc) is 2.50. The number of aryl methyl sites for hydroxylation is 2. The van der Waals surface area contributed by atoms with Gasteiger partial charge in [-0.3, -0.25) is 4.79 Å². The van der Waals surface area contributed by atoms with Crippen molar-refractivity contribution in [2.75, 3.05) is 26.0 Å². The zero-order chi connectivity index (χ0) is 17.7. The van der Waals surface area contributed by atoms with Gasteiger partial charge in [0.25, 0.3) is 0 Å². The molecule has 0 saturated carbocycles. The van der Waals surface area contributed by atoms with Gasteiger partial charge in [0.2, 0.25) is 15.9 Å². The summed E-state index contributed by atoms with van der Waals surface area (Å²) >= 11 is 0. The van der Waals surface area contributed by atoms with E-state index in [0.717, 1.165) is 16.9 Å². The molecule has 1 aromatic carbocycles. The third-order valence-electron chi connectivity index (χ3n) is 4.22. The van der Waals surface area contributed by atoms with Gasteiger partial charge in [0.05, 0.1) is 19.3 Å². The molecule has 1 saturated heterocycles. The molecule has 0 unspecified atom stereocenters. The van der Waals surface area contributed by atoms with E-state index in [9.17, 15) is 13.2 Å². The van der Waals surface area contributed by atoms with Gasteiger partial charge in [-0.1, -0.05) is 12.1 Å². The number of nitrogens with one attached hydrogen (secondary N) is 1. The third kappa shape index (κ3) is 5.49. The molecule has 7 heteroatoms. The minimum absolute atomic E-state index is 0.0382. The Hall–Kier alpha value is -1.60. The Bertz CT molecular complexity index is 680. The highest BCUT2D eigenvalue weighted by Gasteiger charge is 2.25. The monoisotopic (exact) mass is 354 g/mol. The van der Waals surface area contributed by atoms with E-state index in [4.69, 9.17) is 4.74 Å². The van der Waals surface area contributed by atoms with Crippen molar-refractivity contribution in [3.63, 3.8) is 0 Å². The van der Waals surface area contributed by atoms with E-state index in [-0.39, 0.29) is 11.9 Å². The fourth-order valence-corrected chi connectivity index (χ4v) is 3.62. The zero-order valence-corrected chi connectivity index (χ0v) is 15.4. The van der Waals surface area contributed by atoms with Crippen LogP contribution in [0, 0.1) is 13.8 Å². The summed E-state index contributed by atoms with van der Waals surface area (Å²) in [6.07, 6.45) is 2.81. The molecule has 0 radical (unpaired) electrons. The van der Waals surface area contributed by atoms with Crippen LogP contribution in [0.1, 0.15) is 30.4 Å². The molecular formula is C17H26N2O4S. The van der Waals surface area contributed by atoms with Gasteiger partial charge in [-0.25, -0.2) is 12.7 Å². The van der Waals surface area contributed by atoms with Gasteiger partial charge in [-0.2, -0.15) is 0 Å². The van der Waals surface area contributed by atoms with Crippen molar-refractivity contribution in [2.45, 2.75) is 39.2 Å². The number of carbonyl (C=O) groups is 1. The molecule has 1 N–H and O–H groups in total. The molecule has 1 heterocycles. The fraction of sp³-hybridized carbons (Fsp3) is 0.588. The molecule has 1 aliphatic heterocycles. The van der Waals surface area contributed by atoms with Crippen LogP contribution in [0.25, 0.3) is 0 Å². The first-order chi connectivity index (χ1) is 11.3. The summed E-state index contributed by atoms with van der Waals surface area (Å²) in [5.74, 6) is 0.752. The number of hydrogen-bond donors (Lipinski definition) is 1. The van der Waals surface area contributed by atoms with Crippen molar-refractivity contribution in [1.29, 1.82) is 0 Å². The number of ether oxygens (including phenoxy) is 1. The molecule has 6 nitrogen and oxygen atoms in total. The molecule has 0 atom stereocenters. The Kier molecular flexibility index (Phi) is 6.23. The Morgan fingerprint density at radius 2 is 1.96 bits per heavy atom. The first-order valence-electron chi connectivity index (χ1n) is 8.20. The van der Waals surface area contributed by atoms with E-state index >= 15 is 0 Å². The van der Waals surface area contributed by atoms with Gasteiger partial charge >= 0.3 is 0 Å². The number of nitrogens with zero attached hydrogens (tertiary/aromatic N) is 1. The zero-order valence-electron chi connectivity index (χ0n) is 14.5. The van der Waals surface area contributed by atoms with Crippen molar-refractivity contribution in [2.24, 2.45) is 0 Å². The number of carbonyl (C=O) groups excluding carboxylic acids is 1. The largest absolute Gasteiger partial charge is 0.493 e. The van der Waals surface area contributed by atoms with Crippen LogP contribution in [0.3, 0.4) is 0 Å². The molecular weight excluding hydrogens is 328 g/mol. The van der Waals surface area contributed by atoms with Crippen molar-refractivity contribution < 1.29 is 17.9 Å². The second kappa shape index (κ2) is 7.98. The minimum Gasteiger partial charge on any atom is -0.493 e. The summed E-state index contributed by atoms with van der Waals surface area (Å²) in [6.45, 7) is 5.23. The summed E-state index contributed by atoms with van der Waals surface area (Å²) in [5.41, 5.74) is 2.17. The number of sulfonamides is 1. The standard InChI is InChI=1S/C17H26N2O4S/c1-13-4-5-14(2)16(12-13)23-11-8-17(20)18-15-6-9-19(10-7-15)24(3,21)22/h4-5,12,15H,6-11H2,1-3H3,(H,18,20). The molecule has 1 fully saturated rings. The Morgan fingerprint density at radius 3 is 2.58 bits per heavy atom. The predicted octanol–water partition coefficient (Wildman–Crippen LogP) is 1.61. The normalized spacial score (nSPS) is 16.8. The topological polar surface area (TPSA) is 75.7 Å². The van der Waals surface area contributed by atoms with Crippen molar-refractivity contribution in [3.05, 3.63) is 29.3 Å². The van der Waals surface area contributed by atoms with Crippen LogP contribution in [0.2, 0.25) is 0 Å². The first-order valence-corrected chi connectivity index (χ1v) is 10.0. The Labute approximate surface area is 144 Å². The lowest BCUT2D eigenvalue weighted by Crippen LogP contribution is -2.46. The lowest BCUT2D eigenvalue weighted by Gasteiger charge is -2.30. The van der Waals surface area contributed by atoms with Crippen LogP contribution >= 0.6 is 0 Å². The third-order valence-corrected chi connectivity index (χ3v) is 5.52. The van der Waals surface area contributed by atoms with E-state index in [2.05, 4.69) is 5.32 Å². The first kappa shape index (κ1) is 18.7. The quantitative estimate of drug-likeness (QED) is 0.842. The molecule has 1 aromatic rings. The van der Waals surface area contributed by atoms with Crippen LogP contribution in [0.5, 0.6) is 5.75 Å². The smallest absolute Gasteiger partial charge is 0.223 e. The second-order valence-corrected chi connectivity index (χ2v) is 8.35. The van der Waals surface area contributed by atoms with E-state index in [1.807, 2.05) is 32.0 Å². The second-order valence-electron chi connectivity index (χ2n) is 6.37. The number of rotatable bonds is 6. The summed E-state index contributed by atoms with van der Waals surface area (Å²) in [7, 11) is -3.13. The van der Waals surface area contributed by atoms with Gasteiger partial charge in [-0.15, -0.1) is 0 Å². The SMILES string of the molecule is Cc1ccc(C)c(OCCC(=O)NC2CCN(S(C)(=O)=O)CC2)c1. The minimum atomic E-state index is -3.13. The highest BCUT2D eigenvalue weighted by Crippen LogP contribution is 2.19. The van der Waals surface area contributed by atoms with E-state index in [0.29, 0.717) is 39.0 Å². The molecule has 1 aliphatic rings. The summed E-state index contributed by atoms with van der Waals surface area (Å²) in [5, 5.41) is 2.96. The van der Waals surface area contributed by atoms with Gasteiger partial charge in [0.15, 0.2) is 0 Å². The van der Waals surface area contributed by atoms with Crippen LogP contribution in [-0.4, -0.2) is 50.6 Å². The number of amides is 1. The van der Waals surface area contributed by atoms with Crippen molar-refractivity contribution >= 4 is 15.9 Å². The molecule has 2 rings (SSSR count). The molecule has 0 aliphatic carbocycles. The van der Waals surface area contributed by atoms with Gasteiger partial charge in [0, 0.05) is 19.1 Å². The molecule has 0 aromatic heterocycles. The molecule has 24 heavy (non-hydrogen) atoms. The molecule has 0 spiro atoms. The maximum Gasteiger partial charge on any atom is 0.223 e. The highest BCUT2D eigenvalue weighted by molar-refractivity contribution is 7.88. The van der Waals surface area contributed by atoms with E-state index < -0.39 is 10.0 Å². The fourth-order valence-electron chi connectivity index (χ4n) is 2.75. The van der Waals surface area contributed by atoms with Crippen LogP contribution in [-0.2, 0) is 14.8 Å². The summed E-state index contributed by atoms with van der Waals surface area (Å²) in [6, 6.07) is 6.03. The van der Waals surface area contributed by atoms with Gasteiger partial charge in [0.1, 0.15) is 5.75 Å². The van der Waals surface area contributed by atoms with Crippen LogP contribution in [0.4, 0.5) is 0 Å². The maximum atomic E-state index is 12.0. The highest BCUT2D eigenvalue weighted by atomic mass is 32.2. The number of benzene rings is 1. The van der Waals surface area contributed by atoms with E-state index in [1.54, 1.807) is 0 Å². The Balaban J connectivity index is 1.72. The van der Waals surface area contributed by atoms with Crippen LogP contribution in [0.15, 0.2) is 18.2 Å². The summed E-state index contributed by atoms with van der Waals surface area (Å²) in [4.78, 5) is 12.0. The summed E-state index contributed by atoms with van der Waals surface area (Å²) < 4.78 is 30.1. The molecule has 0 bridgehead atoms. The maximum absolute atomic E-state index is 12.0. The van der Waals surface area contributed by atoms with Gasteiger partial charge < -0.3 is 10.1 Å². The number of hydrogen-bond acceptors (Lipinski definition) is 4. The predicted molar refractivity (Wildman–Crippen MR) is 93.6 cm³/mol. The van der Waals surface area contributed by atoms with E-state index in [1.165, 1.54) is 10.6 Å². The van der Waals surface area contributed by atoms with Gasteiger partial charge in [-0.05, 0) is 43.9 Å². The Morgan fingerprint density at radius 1 is 1.29 bits per heavy atom. The van der Waals surface area contributed by atoms with Crippen LogP contribution < -0.4 is 10.1 Å². The lowest BCUT2D eigenvalue weighted by atomic mass is 10.1. The molecule has 134 valence electrons. The lowest BCUT2D eigenvalue weighted by molar-refractivity contribution is -0.122.